The molecular formula is C22H20ClN3O3. The van der Waals surface area contributed by atoms with Crippen LogP contribution in [0.1, 0.15) is 34.0 Å². The highest BCUT2D eigenvalue weighted by Crippen LogP contribution is 2.25. The molecule has 0 N–H and O–H groups in total. The van der Waals surface area contributed by atoms with E-state index < -0.39 is 4.92 Å². The van der Waals surface area contributed by atoms with Crippen LogP contribution in [0.2, 0.25) is 5.02 Å². The van der Waals surface area contributed by atoms with E-state index in [1.54, 1.807) is 17.3 Å². The lowest BCUT2D eigenvalue weighted by atomic mass is 10.1. The zero-order valence-corrected chi connectivity index (χ0v) is 16.7. The lowest BCUT2D eigenvalue weighted by Gasteiger charge is -2.23. The van der Waals surface area contributed by atoms with Gasteiger partial charge in [0.2, 0.25) is 0 Å². The number of nitro benzene ring substituents is 1. The van der Waals surface area contributed by atoms with Gasteiger partial charge in [0.1, 0.15) is 0 Å². The Balaban J connectivity index is 1.90. The maximum atomic E-state index is 13.2. The molecule has 0 spiro atoms. The molecule has 2 aromatic carbocycles. The zero-order valence-electron chi connectivity index (χ0n) is 15.9. The second-order valence-corrected chi connectivity index (χ2v) is 7.02. The van der Waals surface area contributed by atoms with Crippen molar-refractivity contribution in [1.82, 2.24) is 9.88 Å². The largest absolute Gasteiger partial charge is 0.330 e. The van der Waals surface area contributed by atoms with Crippen molar-refractivity contribution in [3.63, 3.8) is 0 Å². The fourth-order valence-corrected chi connectivity index (χ4v) is 3.23. The summed E-state index contributed by atoms with van der Waals surface area (Å²) < 4.78 is 0. The van der Waals surface area contributed by atoms with Gasteiger partial charge in [-0.2, -0.15) is 0 Å². The molecule has 0 bridgehead atoms. The summed E-state index contributed by atoms with van der Waals surface area (Å²) in [5.74, 6) is -0.298. The number of hydrogen-bond donors (Lipinski definition) is 0. The summed E-state index contributed by atoms with van der Waals surface area (Å²) in [5, 5.41) is 11.0. The van der Waals surface area contributed by atoms with Crippen LogP contribution in [-0.4, -0.2) is 20.7 Å². The summed E-state index contributed by atoms with van der Waals surface area (Å²) >= 11 is 6.19. The zero-order chi connectivity index (χ0) is 20.8. The first-order chi connectivity index (χ1) is 14.0. The van der Waals surface area contributed by atoms with E-state index >= 15 is 0 Å². The Morgan fingerprint density at radius 2 is 1.76 bits per heavy atom. The van der Waals surface area contributed by atoms with E-state index in [1.807, 2.05) is 36.4 Å². The summed E-state index contributed by atoms with van der Waals surface area (Å²) in [7, 11) is 0. The average molecular weight is 410 g/mol. The average Bonchev–Trinajstić information content (AvgIpc) is 2.74. The first-order valence-electron chi connectivity index (χ1n) is 9.18. The van der Waals surface area contributed by atoms with Crippen LogP contribution in [-0.2, 0) is 19.5 Å². The van der Waals surface area contributed by atoms with Crippen molar-refractivity contribution in [2.45, 2.75) is 26.4 Å². The number of carbonyl (C=O) groups excluding carboxylic acids is 1. The number of halogens is 1. The highest BCUT2D eigenvalue weighted by molar-refractivity contribution is 6.34. The van der Waals surface area contributed by atoms with Crippen molar-refractivity contribution in [2.24, 2.45) is 0 Å². The second kappa shape index (κ2) is 9.30. The number of non-ortho nitro benzene ring substituents is 1. The molecule has 1 aromatic heterocycles. The van der Waals surface area contributed by atoms with E-state index in [0.717, 1.165) is 17.5 Å². The normalized spacial score (nSPS) is 10.6. The van der Waals surface area contributed by atoms with E-state index in [0.29, 0.717) is 13.1 Å². The number of nitrogens with zero attached hydrogens (tertiary/aromatic N) is 3. The maximum absolute atomic E-state index is 13.2. The molecule has 0 aliphatic carbocycles. The van der Waals surface area contributed by atoms with Gasteiger partial charge >= 0.3 is 0 Å². The van der Waals surface area contributed by atoms with Crippen molar-refractivity contribution < 1.29 is 9.72 Å². The van der Waals surface area contributed by atoms with E-state index in [-0.39, 0.29) is 22.2 Å². The second-order valence-electron chi connectivity index (χ2n) is 6.61. The van der Waals surface area contributed by atoms with Gasteiger partial charge in [-0.15, -0.1) is 0 Å². The fraction of sp³-hybridized carbons (Fsp3) is 0.182. The number of aromatic nitrogens is 1. The molecule has 7 heteroatoms. The first kappa shape index (κ1) is 20.5. The van der Waals surface area contributed by atoms with E-state index in [4.69, 9.17) is 11.6 Å². The third-order valence-corrected chi connectivity index (χ3v) is 4.89. The third-order valence-electron chi connectivity index (χ3n) is 4.58. The number of amides is 1. The number of hydrogen-bond acceptors (Lipinski definition) is 4. The van der Waals surface area contributed by atoms with Gasteiger partial charge in [-0.05, 0) is 35.2 Å². The molecule has 1 amide bonds. The molecule has 29 heavy (non-hydrogen) atoms. The molecule has 0 aliphatic heterocycles. The monoisotopic (exact) mass is 409 g/mol. The Kier molecular flexibility index (Phi) is 6.57. The van der Waals surface area contributed by atoms with Gasteiger partial charge in [0.15, 0.2) is 0 Å². The summed E-state index contributed by atoms with van der Waals surface area (Å²) in [6, 6.07) is 15.7. The van der Waals surface area contributed by atoms with Crippen molar-refractivity contribution in [2.75, 3.05) is 0 Å². The van der Waals surface area contributed by atoms with Crippen molar-refractivity contribution in [3.05, 3.63) is 104 Å². The highest BCUT2D eigenvalue weighted by atomic mass is 35.5. The van der Waals surface area contributed by atoms with Crippen molar-refractivity contribution in [3.8, 4) is 0 Å². The van der Waals surface area contributed by atoms with Crippen LogP contribution in [0.25, 0.3) is 0 Å². The highest BCUT2D eigenvalue weighted by Gasteiger charge is 2.21. The van der Waals surface area contributed by atoms with Crippen LogP contribution in [0.15, 0.2) is 67.0 Å². The third kappa shape index (κ3) is 5.18. The molecule has 0 atom stereocenters. The van der Waals surface area contributed by atoms with Gasteiger partial charge in [0, 0.05) is 37.6 Å². The topological polar surface area (TPSA) is 76.3 Å². The first-order valence-corrected chi connectivity index (χ1v) is 9.55. The lowest BCUT2D eigenvalue weighted by Crippen LogP contribution is -2.30. The number of benzene rings is 2. The lowest BCUT2D eigenvalue weighted by molar-refractivity contribution is -0.384. The van der Waals surface area contributed by atoms with E-state index in [1.165, 1.54) is 23.8 Å². The van der Waals surface area contributed by atoms with Gasteiger partial charge < -0.3 is 4.90 Å². The molecule has 0 unspecified atom stereocenters. The Morgan fingerprint density at radius 3 is 2.34 bits per heavy atom. The van der Waals surface area contributed by atoms with Crippen LogP contribution in [0.5, 0.6) is 0 Å². The number of aryl methyl sites for hydroxylation is 1. The molecule has 3 rings (SSSR count). The molecule has 0 saturated carbocycles. The van der Waals surface area contributed by atoms with Crippen LogP contribution in [0.3, 0.4) is 0 Å². The number of carbonyl (C=O) groups is 1. The fourth-order valence-electron chi connectivity index (χ4n) is 2.97. The predicted molar refractivity (Wildman–Crippen MR) is 112 cm³/mol. The van der Waals surface area contributed by atoms with Gasteiger partial charge in [-0.25, -0.2) is 0 Å². The minimum atomic E-state index is -0.539. The molecule has 3 aromatic rings. The van der Waals surface area contributed by atoms with E-state index in [9.17, 15) is 14.9 Å². The van der Waals surface area contributed by atoms with Crippen LogP contribution in [0.4, 0.5) is 5.69 Å². The standard InChI is InChI=1S/C22H20ClN3O3/c1-2-16-5-7-17(8-6-16)14-25(15-18-4-3-11-24-13-18)22(27)20-10-9-19(26(28)29)12-21(20)23/h3-13H,2,14-15H2,1H3. The van der Waals surface area contributed by atoms with Gasteiger partial charge in [0.25, 0.3) is 11.6 Å². The molecule has 1 heterocycles. The van der Waals surface area contributed by atoms with Crippen LogP contribution < -0.4 is 0 Å². The van der Waals surface area contributed by atoms with Gasteiger partial charge in [-0.1, -0.05) is 48.9 Å². The van der Waals surface area contributed by atoms with Gasteiger partial charge in [0.05, 0.1) is 15.5 Å². The minimum absolute atomic E-state index is 0.0571. The van der Waals surface area contributed by atoms with Gasteiger partial charge in [-0.3, -0.25) is 19.9 Å². The van der Waals surface area contributed by atoms with Crippen molar-refractivity contribution >= 4 is 23.2 Å². The molecular weight excluding hydrogens is 390 g/mol. The van der Waals surface area contributed by atoms with E-state index in [2.05, 4.69) is 11.9 Å². The summed E-state index contributed by atoms with van der Waals surface area (Å²) in [4.78, 5) is 29.4. The molecule has 0 radical (unpaired) electrons. The molecule has 0 fully saturated rings. The summed E-state index contributed by atoms with van der Waals surface area (Å²) in [6.07, 6.45) is 4.32. The Morgan fingerprint density at radius 1 is 1.07 bits per heavy atom. The minimum Gasteiger partial charge on any atom is -0.330 e. The van der Waals surface area contributed by atoms with Crippen LogP contribution in [0, 0.1) is 10.1 Å². The molecule has 0 saturated heterocycles. The number of rotatable bonds is 7. The Labute approximate surface area is 173 Å². The molecule has 6 nitrogen and oxygen atoms in total. The summed E-state index contributed by atoms with van der Waals surface area (Å²) in [6.45, 7) is 2.81. The number of pyridine rings is 1. The smallest absolute Gasteiger partial charge is 0.270 e. The SMILES string of the molecule is CCc1ccc(CN(Cc2cccnc2)C(=O)c2ccc([N+](=O)[O-])cc2Cl)cc1. The molecule has 148 valence electrons. The van der Waals surface area contributed by atoms with Crippen LogP contribution >= 0.6 is 11.6 Å². The number of nitro groups is 1. The Bertz CT molecular complexity index is 1010. The van der Waals surface area contributed by atoms with Crippen molar-refractivity contribution in [1.29, 1.82) is 0 Å². The quantitative estimate of drug-likeness (QED) is 0.404. The Hall–Kier alpha value is -3.25. The summed E-state index contributed by atoms with van der Waals surface area (Å²) in [5.41, 5.74) is 3.16. The predicted octanol–water partition coefficient (Wildman–Crippen LogP) is 5.05. The molecule has 0 aliphatic rings. The maximum Gasteiger partial charge on any atom is 0.270 e.